The van der Waals surface area contributed by atoms with Crippen molar-refractivity contribution in [1.82, 2.24) is 18.9 Å². The van der Waals surface area contributed by atoms with Gasteiger partial charge in [0.2, 0.25) is 0 Å². The maximum absolute atomic E-state index is 12.8. The number of fused-ring (bicyclic) bond motifs is 1. The summed E-state index contributed by atoms with van der Waals surface area (Å²) in [5.41, 5.74) is 1.00. The predicted molar refractivity (Wildman–Crippen MR) is 128 cm³/mol. The summed E-state index contributed by atoms with van der Waals surface area (Å²) in [6.07, 6.45) is 2.79. The van der Waals surface area contributed by atoms with E-state index in [1.54, 1.807) is 48.5 Å². The van der Waals surface area contributed by atoms with Gasteiger partial charge in [0, 0.05) is 43.4 Å². The maximum Gasteiger partial charge on any atom is 0.307 e. The van der Waals surface area contributed by atoms with Gasteiger partial charge in [-0.3, -0.25) is 9.59 Å². The standard InChI is InChI=1S/C23H26N4O6S/c1-26(2)34(31,32)27-15-17(19-6-4-5-7-21(19)27)14-20(23(30)24-12-13-28)25-22(29)16-8-10-18(33-3)11-9-16/h4-11,14-15,28H,12-13H2,1-3H3,(H,24,30)(H,25,29)/b20-14-. The van der Waals surface area contributed by atoms with Crippen LogP contribution in [-0.2, 0) is 15.0 Å². The number of benzene rings is 2. The van der Waals surface area contributed by atoms with Gasteiger partial charge in [0.05, 0.1) is 19.2 Å². The van der Waals surface area contributed by atoms with Crippen LogP contribution in [0.3, 0.4) is 0 Å². The number of ether oxygens (including phenoxy) is 1. The number of carbonyl (C=O) groups is 2. The molecule has 3 N–H and O–H groups in total. The number of nitrogens with one attached hydrogen (secondary N) is 2. The number of rotatable bonds is 9. The van der Waals surface area contributed by atoms with Gasteiger partial charge in [-0.2, -0.15) is 12.7 Å². The molecule has 2 amide bonds. The average molecular weight is 487 g/mol. The molecule has 3 aromatic rings. The molecule has 1 heterocycles. The summed E-state index contributed by atoms with van der Waals surface area (Å²) >= 11 is 0. The quantitative estimate of drug-likeness (QED) is 0.390. The molecule has 34 heavy (non-hydrogen) atoms. The summed E-state index contributed by atoms with van der Waals surface area (Å²) in [5.74, 6) is -0.608. The molecule has 0 fully saturated rings. The Morgan fingerprint density at radius 3 is 2.41 bits per heavy atom. The molecular formula is C23H26N4O6S. The molecule has 0 aliphatic rings. The largest absolute Gasteiger partial charge is 0.497 e. The Balaban J connectivity index is 2.07. The topological polar surface area (TPSA) is 130 Å². The lowest BCUT2D eigenvalue weighted by Crippen LogP contribution is -2.36. The molecule has 0 saturated heterocycles. The first-order chi connectivity index (χ1) is 16.2. The van der Waals surface area contributed by atoms with E-state index in [-0.39, 0.29) is 18.8 Å². The van der Waals surface area contributed by atoms with Crippen molar-refractivity contribution in [2.24, 2.45) is 0 Å². The molecule has 3 rings (SSSR count). The molecule has 0 atom stereocenters. The van der Waals surface area contributed by atoms with Crippen molar-refractivity contribution in [2.45, 2.75) is 0 Å². The molecular weight excluding hydrogens is 460 g/mol. The number of para-hydroxylation sites is 1. The minimum Gasteiger partial charge on any atom is -0.497 e. The summed E-state index contributed by atoms with van der Waals surface area (Å²) < 4.78 is 32.9. The van der Waals surface area contributed by atoms with Crippen molar-refractivity contribution in [2.75, 3.05) is 34.4 Å². The van der Waals surface area contributed by atoms with Crippen molar-refractivity contribution < 1.29 is 27.9 Å². The fourth-order valence-corrected chi connectivity index (χ4v) is 4.18. The van der Waals surface area contributed by atoms with E-state index >= 15 is 0 Å². The van der Waals surface area contributed by atoms with Gasteiger partial charge in [0.1, 0.15) is 11.4 Å². The SMILES string of the molecule is COc1ccc(C(=O)N/C(=C\c2cn(S(=O)(=O)N(C)C)c3ccccc23)C(=O)NCCO)cc1. The Morgan fingerprint density at radius 1 is 1.12 bits per heavy atom. The molecule has 10 nitrogen and oxygen atoms in total. The van der Waals surface area contributed by atoms with E-state index in [1.807, 2.05) is 0 Å². The van der Waals surface area contributed by atoms with E-state index in [4.69, 9.17) is 9.84 Å². The zero-order chi connectivity index (χ0) is 24.9. The number of nitrogens with zero attached hydrogens (tertiary/aromatic N) is 2. The van der Waals surface area contributed by atoms with Crippen LogP contribution in [0.15, 0.2) is 60.4 Å². The third-order valence-electron chi connectivity index (χ3n) is 4.96. The number of aliphatic hydroxyl groups is 1. The highest BCUT2D eigenvalue weighted by Crippen LogP contribution is 2.25. The number of hydrogen-bond donors (Lipinski definition) is 3. The van der Waals surface area contributed by atoms with E-state index in [9.17, 15) is 18.0 Å². The minimum atomic E-state index is -3.84. The summed E-state index contributed by atoms with van der Waals surface area (Å²) in [6.45, 7) is -0.308. The predicted octanol–water partition coefficient (Wildman–Crippen LogP) is 1.18. The van der Waals surface area contributed by atoms with Crippen molar-refractivity contribution in [3.63, 3.8) is 0 Å². The van der Waals surface area contributed by atoms with Crippen LogP contribution in [-0.4, -0.2) is 68.0 Å². The van der Waals surface area contributed by atoms with Crippen LogP contribution in [0.4, 0.5) is 0 Å². The minimum absolute atomic E-state index is 0.0225. The highest BCUT2D eigenvalue weighted by Gasteiger charge is 2.22. The molecule has 11 heteroatoms. The molecule has 0 unspecified atom stereocenters. The van der Waals surface area contributed by atoms with Crippen molar-refractivity contribution >= 4 is 39.0 Å². The van der Waals surface area contributed by atoms with Crippen LogP contribution in [0, 0.1) is 0 Å². The van der Waals surface area contributed by atoms with Gasteiger partial charge in [-0.15, -0.1) is 0 Å². The zero-order valence-electron chi connectivity index (χ0n) is 19.0. The van der Waals surface area contributed by atoms with E-state index in [0.29, 0.717) is 27.8 Å². The van der Waals surface area contributed by atoms with Gasteiger partial charge in [-0.25, -0.2) is 3.97 Å². The number of hydrogen-bond acceptors (Lipinski definition) is 6. The summed E-state index contributed by atoms with van der Waals surface area (Å²) in [6, 6.07) is 13.1. The smallest absolute Gasteiger partial charge is 0.307 e. The molecule has 0 radical (unpaired) electrons. The van der Waals surface area contributed by atoms with Crippen LogP contribution in [0.2, 0.25) is 0 Å². The number of carbonyl (C=O) groups excluding carboxylic acids is 2. The van der Waals surface area contributed by atoms with Crippen LogP contribution < -0.4 is 15.4 Å². The molecule has 1 aromatic heterocycles. The number of amides is 2. The van der Waals surface area contributed by atoms with Gasteiger partial charge in [-0.1, -0.05) is 18.2 Å². The molecule has 0 spiro atoms. The zero-order valence-corrected chi connectivity index (χ0v) is 19.8. The number of aliphatic hydroxyl groups excluding tert-OH is 1. The molecule has 0 bridgehead atoms. The van der Waals surface area contributed by atoms with E-state index < -0.39 is 22.0 Å². The highest BCUT2D eigenvalue weighted by molar-refractivity contribution is 7.87. The number of methoxy groups -OCH3 is 1. The fourth-order valence-electron chi connectivity index (χ4n) is 3.17. The second kappa shape index (κ2) is 10.5. The van der Waals surface area contributed by atoms with Crippen LogP contribution in [0.1, 0.15) is 15.9 Å². The maximum atomic E-state index is 12.8. The van der Waals surface area contributed by atoms with Crippen LogP contribution in [0.25, 0.3) is 17.0 Å². The van der Waals surface area contributed by atoms with Crippen LogP contribution >= 0.6 is 0 Å². The Bertz CT molecular complexity index is 1330. The van der Waals surface area contributed by atoms with Gasteiger partial charge in [0.15, 0.2) is 0 Å². The lowest BCUT2D eigenvalue weighted by molar-refractivity contribution is -0.117. The lowest BCUT2D eigenvalue weighted by atomic mass is 10.1. The Labute approximate surface area is 197 Å². The number of aromatic nitrogens is 1. The lowest BCUT2D eigenvalue weighted by Gasteiger charge is -2.13. The molecule has 0 aliphatic heterocycles. The Hall–Kier alpha value is -3.67. The van der Waals surface area contributed by atoms with E-state index in [0.717, 1.165) is 8.28 Å². The van der Waals surface area contributed by atoms with Gasteiger partial charge >= 0.3 is 10.2 Å². The molecule has 0 saturated carbocycles. The van der Waals surface area contributed by atoms with E-state index in [1.165, 1.54) is 33.5 Å². The van der Waals surface area contributed by atoms with Gasteiger partial charge in [-0.05, 0) is 36.4 Å². The molecule has 2 aromatic carbocycles. The van der Waals surface area contributed by atoms with Crippen molar-refractivity contribution in [3.05, 3.63) is 71.6 Å². The first kappa shape index (κ1) is 25.0. The first-order valence-corrected chi connectivity index (χ1v) is 11.7. The monoisotopic (exact) mass is 486 g/mol. The Morgan fingerprint density at radius 2 is 1.79 bits per heavy atom. The summed E-state index contributed by atoms with van der Waals surface area (Å²) in [5, 5.41) is 14.7. The normalized spacial score (nSPS) is 12.1. The van der Waals surface area contributed by atoms with Gasteiger partial charge < -0.3 is 20.5 Å². The second-order valence-electron chi connectivity index (χ2n) is 7.41. The van der Waals surface area contributed by atoms with Crippen molar-refractivity contribution in [1.29, 1.82) is 0 Å². The fraction of sp³-hybridized carbons (Fsp3) is 0.217. The third-order valence-corrected chi connectivity index (χ3v) is 6.68. The van der Waals surface area contributed by atoms with Crippen LogP contribution in [0.5, 0.6) is 5.75 Å². The summed E-state index contributed by atoms with van der Waals surface area (Å²) in [7, 11) is 0.509. The highest BCUT2D eigenvalue weighted by atomic mass is 32.2. The molecule has 180 valence electrons. The first-order valence-electron chi connectivity index (χ1n) is 10.3. The Kier molecular flexibility index (Phi) is 7.72. The average Bonchev–Trinajstić information content (AvgIpc) is 3.21. The second-order valence-corrected chi connectivity index (χ2v) is 9.43. The summed E-state index contributed by atoms with van der Waals surface area (Å²) in [4.78, 5) is 25.6. The molecule has 0 aliphatic carbocycles. The van der Waals surface area contributed by atoms with Crippen molar-refractivity contribution in [3.8, 4) is 5.75 Å². The van der Waals surface area contributed by atoms with Gasteiger partial charge in [0.25, 0.3) is 11.8 Å². The third kappa shape index (κ3) is 5.28. The van der Waals surface area contributed by atoms with E-state index in [2.05, 4.69) is 10.6 Å².